The van der Waals surface area contributed by atoms with Crippen LogP contribution in [0.3, 0.4) is 0 Å². The molecule has 1 saturated carbocycles. The highest BCUT2D eigenvalue weighted by Gasteiger charge is 2.32. The number of rotatable bonds is 8. The second-order valence-electron chi connectivity index (χ2n) is 6.30. The van der Waals surface area contributed by atoms with Crippen molar-refractivity contribution in [3.8, 4) is 0 Å². The number of nitrogens with zero attached hydrogens (tertiary/aromatic N) is 2. The molecule has 0 aliphatic heterocycles. The molecule has 108 valence electrons. The summed E-state index contributed by atoms with van der Waals surface area (Å²) in [6, 6.07) is 0. The summed E-state index contributed by atoms with van der Waals surface area (Å²) in [5.74, 6) is 0. The SMILES string of the molecule is CCCN(CCN(C)C)CC1(CO)CCCCC1. The molecule has 0 unspecified atom stereocenters. The Kier molecular flexibility index (Phi) is 7.20. The smallest absolute Gasteiger partial charge is 0.0499 e. The molecule has 1 aliphatic rings. The largest absolute Gasteiger partial charge is 0.396 e. The third-order valence-electron chi connectivity index (χ3n) is 4.21. The Morgan fingerprint density at radius 1 is 1.00 bits per heavy atom. The van der Waals surface area contributed by atoms with E-state index in [-0.39, 0.29) is 5.41 Å². The Morgan fingerprint density at radius 2 is 1.67 bits per heavy atom. The number of likely N-dealkylation sites (N-methyl/N-ethyl adjacent to an activating group) is 1. The van der Waals surface area contributed by atoms with Crippen molar-refractivity contribution in [2.75, 3.05) is 46.9 Å². The predicted octanol–water partition coefficient (Wildman–Crippen LogP) is 2.20. The van der Waals surface area contributed by atoms with Gasteiger partial charge in [-0.3, -0.25) is 0 Å². The van der Waals surface area contributed by atoms with E-state index in [0.29, 0.717) is 6.61 Å². The molecular formula is C15H32N2O. The van der Waals surface area contributed by atoms with Crippen LogP contribution in [0.5, 0.6) is 0 Å². The van der Waals surface area contributed by atoms with E-state index in [2.05, 4.69) is 30.8 Å². The monoisotopic (exact) mass is 256 g/mol. The molecule has 0 bridgehead atoms. The van der Waals surface area contributed by atoms with Crippen LogP contribution in [0.1, 0.15) is 45.4 Å². The molecule has 0 amide bonds. The van der Waals surface area contributed by atoms with Gasteiger partial charge in [-0.1, -0.05) is 26.2 Å². The van der Waals surface area contributed by atoms with Gasteiger partial charge >= 0.3 is 0 Å². The zero-order valence-electron chi connectivity index (χ0n) is 12.6. The molecule has 0 aromatic rings. The van der Waals surface area contributed by atoms with Gasteiger partial charge in [-0.15, -0.1) is 0 Å². The maximum Gasteiger partial charge on any atom is 0.0499 e. The summed E-state index contributed by atoms with van der Waals surface area (Å²) < 4.78 is 0. The van der Waals surface area contributed by atoms with Gasteiger partial charge in [0.25, 0.3) is 0 Å². The van der Waals surface area contributed by atoms with Crippen LogP contribution in [0.4, 0.5) is 0 Å². The molecule has 0 aromatic heterocycles. The van der Waals surface area contributed by atoms with Gasteiger partial charge in [-0.05, 0) is 39.9 Å². The van der Waals surface area contributed by atoms with E-state index in [1.54, 1.807) is 0 Å². The van der Waals surface area contributed by atoms with Gasteiger partial charge in [0.2, 0.25) is 0 Å². The molecule has 0 spiro atoms. The summed E-state index contributed by atoms with van der Waals surface area (Å²) in [4.78, 5) is 4.80. The molecule has 18 heavy (non-hydrogen) atoms. The van der Waals surface area contributed by atoms with Crippen molar-refractivity contribution >= 4 is 0 Å². The first-order valence-electron chi connectivity index (χ1n) is 7.60. The zero-order chi connectivity index (χ0) is 13.4. The van der Waals surface area contributed by atoms with Crippen molar-refractivity contribution in [3.63, 3.8) is 0 Å². The molecule has 1 N–H and O–H groups in total. The Bertz CT molecular complexity index is 213. The van der Waals surface area contributed by atoms with Gasteiger partial charge in [-0.2, -0.15) is 0 Å². The number of hydrogen-bond acceptors (Lipinski definition) is 3. The summed E-state index contributed by atoms with van der Waals surface area (Å²) in [5, 5.41) is 9.80. The zero-order valence-corrected chi connectivity index (χ0v) is 12.6. The molecule has 1 fully saturated rings. The molecule has 0 radical (unpaired) electrons. The van der Waals surface area contributed by atoms with E-state index >= 15 is 0 Å². The van der Waals surface area contributed by atoms with Crippen LogP contribution in [0, 0.1) is 5.41 Å². The highest BCUT2D eigenvalue weighted by atomic mass is 16.3. The molecule has 0 atom stereocenters. The Hall–Kier alpha value is -0.120. The van der Waals surface area contributed by atoms with E-state index in [9.17, 15) is 5.11 Å². The summed E-state index contributed by atoms with van der Waals surface area (Å²) in [6.45, 7) is 7.11. The van der Waals surface area contributed by atoms with E-state index in [0.717, 1.165) is 26.2 Å². The third kappa shape index (κ3) is 5.25. The van der Waals surface area contributed by atoms with E-state index in [4.69, 9.17) is 0 Å². The second kappa shape index (κ2) is 8.13. The van der Waals surface area contributed by atoms with Crippen molar-refractivity contribution in [2.45, 2.75) is 45.4 Å². The summed E-state index contributed by atoms with van der Waals surface area (Å²) in [6.07, 6.45) is 7.59. The van der Waals surface area contributed by atoms with Crippen LogP contribution in [0.15, 0.2) is 0 Å². The summed E-state index contributed by atoms with van der Waals surface area (Å²) in [7, 11) is 4.26. The topological polar surface area (TPSA) is 26.7 Å². The maximum atomic E-state index is 9.80. The fraction of sp³-hybridized carbons (Fsp3) is 1.00. The van der Waals surface area contributed by atoms with Crippen LogP contribution in [-0.2, 0) is 0 Å². The lowest BCUT2D eigenvalue weighted by Crippen LogP contribution is -2.44. The van der Waals surface area contributed by atoms with Crippen molar-refractivity contribution in [1.82, 2.24) is 9.80 Å². The van der Waals surface area contributed by atoms with E-state index in [1.165, 1.54) is 38.5 Å². The molecule has 0 saturated heterocycles. The van der Waals surface area contributed by atoms with Crippen molar-refractivity contribution in [1.29, 1.82) is 0 Å². The highest BCUT2D eigenvalue weighted by Crippen LogP contribution is 2.36. The van der Waals surface area contributed by atoms with Crippen LogP contribution >= 0.6 is 0 Å². The highest BCUT2D eigenvalue weighted by molar-refractivity contribution is 4.85. The standard InChI is InChI=1S/C15H32N2O/c1-4-10-17(12-11-16(2)3)13-15(14-18)8-6-5-7-9-15/h18H,4-14H2,1-3H3. The lowest BCUT2D eigenvalue weighted by atomic mass is 9.74. The second-order valence-corrected chi connectivity index (χ2v) is 6.30. The summed E-state index contributed by atoms with van der Waals surface area (Å²) >= 11 is 0. The fourth-order valence-corrected chi connectivity index (χ4v) is 3.07. The molecule has 3 heteroatoms. The summed E-state index contributed by atoms with van der Waals surface area (Å²) in [5.41, 5.74) is 0.194. The van der Waals surface area contributed by atoms with Gasteiger partial charge in [0, 0.05) is 31.7 Å². The lowest BCUT2D eigenvalue weighted by Gasteiger charge is -2.40. The van der Waals surface area contributed by atoms with E-state index in [1.807, 2.05) is 0 Å². The Labute approximate surface area is 113 Å². The first-order chi connectivity index (χ1) is 8.62. The molecular weight excluding hydrogens is 224 g/mol. The van der Waals surface area contributed by atoms with Gasteiger partial charge in [-0.25, -0.2) is 0 Å². The first kappa shape index (κ1) is 15.9. The number of hydrogen-bond donors (Lipinski definition) is 1. The minimum Gasteiger partial charge on any atom is -0.396 e. The van der Waals surface area contributed by atoms with Gasteiger partial charge in [0.15, 0.2) is 0 Å². The average molecular weight is 256 g/mol. The normalized spacial score (nSPS) is 19.7. The minimum atomic E-state index is 0.194. The molecule has 1 rings (SSSR count). The number of aliphatic hydroxyl groups is 1. The lowest BCUT2D eigenvalue weighted by molar-refractivity contribution is 0.0385. The first-order valence-corrected chi connectivity index (χ1v) is 7.60. The molecule has 3 nitrogen and oxygen atoms in total. The van der Waals surface area contributed by atoms with Crippen LogP contribution in [0.2, 0.25) is 0 Å². The van der Waals surface area contributed by atoms with Crippen LogP contribution in [-0.4, -0.2) is 61.8 Å². The van der Waals surface area contributed by atoms with Crippen LogP contribution in [0.25, 0.3) is 0 Å². The number of aliphatic hydroxyl groups excluding tert-OH is 1. The van der Waals surface area contributed by atoms with Gasteiger partial charge in [0.05, 0.1) is 0 Å². The quantitative estimate of drug-likeness (QED) is 0.721. The molecule has 1 aliphatic carbocycles. The van der Waals surface area contributed by atoms with Crippen molar-refractivity contribution < 1.29 is 5.11 Å². The fourth-order valence-electron chi connectivity index (χ4n) is 3.07. The Balaban J connectivity index is 2.50. The van der Waals surface area contributed by atoms with E-state index < -0.39 is 0 Å². The van der Waals surface area contributed by atoms with Crippen LogP contribution < -0.4 is 0 Å². The average Bonchev–Trinajstić information content (AvgIpc) is 2.37. The third-order valence-corrected chi connectivity index (χ3v) is 4.21. The molecule has 0 aromatic carbocycles. The maximum absolute atomic E-state index is 9.80. The van der Waals surface area contributed by atoms with Gasteiger partial charge < -0.3 is 14.9 Å². The minimum absolute atomic E-state index is 0.194. The molecule has 0 heterocycles. The Morgan fingerprint density at radius 3 is 2.17 bits per heavy atom. The predicted molar refractivity (Wildman–Crippen MR) is 77.9 cm³/mol. The van der Waals surface area contributed by atoms with Gasteiger partial charge in [0.1, 0.15) is 0 Å². The van der Waals surface area contributed by atoms with Crippen molar-refractivity contribution in [2.24, 2.45) is 5.41 Å². The van der Waals surface area contributed by atoms with Crippen molar-refractivity contribution in [3.05, 3.63) is 0 Å².